The maximum absolute atomic E-state index is 13.1. The first-order valence-electron chi connectivity index (χ1n) is 8.90. The van der Waals surface area contributed by atoms with Crippen molar-refractivity contribution in [1.82, 2.24) is 0 Å². The molecule has 2 heterocycles. The van der Waals surface area contributed by atoms with Crippen LogP contribution in [0.2, 0.25) is 5.02 Å². The lowest BCUT2D eigenvalue weighted by Crippen LogP contribution is -2.37. The average Bonchev–Trinajstić information content (AvgIpc) is 3.20. The molecule has 1 amide bonds. The van der Waals surface area contributed by atoms with Crippen LogP contribution in [0.5, 0.6) is 0 Å². The first-order valence-corrected chi connectivity index (χ1v) is 9.28. The predicted octanol–water partition coefficient (Wildman–Crippen LogP) is 4.83. The van der Waals surface area contributed by atoms with E-state index < -0.39 is 0 Å². The number of halogens is 2. The monoisotopic (exact) mass is 400 g/mol. The Bertz CT molecular complexity index is 982. The summed E-state index contributed by atoms with van der Waals surface area (Å²) in [4.78, 5) is 14.8. The fourth-order valence-electron chi connectivity index (χ4n) is 3.14. The molecule has 1 N–H and O–H groups in total. The summed E-state index contributed by atoms with van der Waals surface area (Å²) in [5.74, 6) is -0.0631. The quantitative estimate of drug-likeness (QED) is 0.681. The summed E-state index contributed by atoms with van der Waals surface area (Å²) in [7, 11) is 0. The van der Waals surface area contributed by atoms with Crippen LogP contribution in [0.15, 0.2) is 59.0 Å². The zero-order valence-corrected chi connectivity index (χ0v) is 15.7. The fourth-order valence-corrected chi connectivity index (χ4v) is 3.43. The maximum Gasteiger partial charge on any atom is 0.291 e. The lowest BCUT2D eigenvalue weighted by molar-refractivity contribution is 0.0997. The van der Waals surface area contributed by atoms with Gasteiger partial charge in [0.2, 0.25) is 0 Å². The topological polar surface area (TPSA) is 54.7 Å². The number of nitrogens with zero attached hydrogens (tertiary/aromatic N) is 1. The summed E-state index contributed by atoms with van der Waals surface area (Å²) < 4.78 is 24.1. The Kier molecular flexibility index (Phi) is 5.32. The number of carbonyl (C=O) groups is 1. The molecule has 0 radical (unpaired) electrons. The van der Waals surface area contributed by atoms with Crippen molar-refractivity contribution in [3.63, 3.8) is 0 Å². The number of amides is 1. The molecule has 0 aliphatic carbocycles. The second kappa shape index (κ2) is 8.04. The molecule has 0 saturated carbocycles. The number of anilines is 2. The van der Waals surface area contributed by atoms with Gasteiger partial charge in [-0.1, -0.05) is 17.7 Å². The number of rotatable bonds is 4. The van der Waals surface area contributed by atoms with Crippen molar-refractivity contribution in [2.75, 3.05) is 36.5 Å². The fraction of sp³-hybridized carbons (Fsp3) is 0.190. The van der Waals surface area contributed by atoms with E-state index in [2.05, 4.69) is 10.2 Å². The van der Waals surface area contributed by atoms with Gasteiger partial charge in [-0.25, -0.2) is 4.39 Å². The summed E-state index contributed by atoms with van der Waals surface area (Å²) in [6.45, 7) is 2.61. The molecule has 0 atom stereocenters. The standard InChI is InChI=1S/C21H18ClFN2O3/c22-16-2-1-3-17(20(16)25-10-12-27-13-11-25)24-21(26)19-9-8-18(28-19)14-4-6-15(23)7-5-14/h1-9H,10-13H2,(H,24,26). The molecule has 5 nitrogen and oxygen atoms in total. The van der Waals surface area contributed by atoms with E-state index in [1.807, 2.05) is 0 Å². The molecule has 1 aliphatic rings. The molecule has 2 aromatic carbocycles. The molecule has 144 valence electrons. The van der Waals surface area contributed by atoms with E-state index in [0.29, 0.717) is 48.3 Å². The summed E-state index contributed by atoms with van der Waals surface area (Å²) in [6, 6.07) is 14.5. The largest absolute Gasteiger partial charge is 0.451 e. The molecule has 0 spiro atoms. The van der Waals surface area contributed by atoms with Crippen molar-refractivity contribution in [3.8, 4) is 11.3 Å². The Labute approximate surface area is 166 Å². The molecule has 3 aromatic rings. The zero-order chi connectivity index (χ0) is 19.5. The predicted molar refractivity (Wildman–Crippen MR) is 107 cm³/mol. The number of nitrogens with one attached hydrogen (secondary N) is 1. The molecule has 28 heavy (non-hydrogen) atoms. The molecule has 1 aromatic heterocycles. The maximum atomic E-state index is 13.1. The SMILES string of the molecule is O=C(Nc1cccc(Cl)c1N1CCOCC1)c1ccc(-c2ccc(F)cc2)o1. The number of para-hydroxylation sites is 1. The second-order valence-electron chi connectivity index (χ2n) is 6.36. The van der Waals surface area contributed by atoms with Crippen LogP contribution in [0.3, 0.4) is 0 Å². The number of hydrogen-bond donors (Lipinski definition) is 1. The molecule has 1 fully saturated rings. The summed E-state index contributed by atoms with van der Waals surface area (Å²) in [6.07, 6.45) is 0. The number of furan rings is 1. The van der Waals surface area contributed by atoms with E-state index in [9.17, 15) is 9.18 Å². The van der Waals surface area contributed by atoms with Crippen molar-refractivity contribution in [2.24, 2.45) is 0 Å². The van der Waals surface area contributed by atoms with Gasteiger partial charge in [0.15, 0.2) is 5.76 Å². The van der Waals surface area contributed by atoms with Crippen molar-refractivity contribution in [1.29, 1.82) is 0 Å². The van der Waals surface area contributed by atoms with Gasteiger partial charge in [0.1, 0.15) is 11.6 Å². The van der Waals surface area contributed by atoms with E-state index in [1.165, 1.54) is 12.1 Å². The van der Waals surface area contributed by atoms with Crippen molar-refractivity contribution in [3.05, 3.63) is 71.2 Å². The molecule has 4 rings (SSSR count). The van der Waals surface area contributed by atoms with Gasteiger partial charge in [-0.15, -0.1) is 0 Å². The number of ether oxygens (including phenoxy) is 1. The van der Waals surface area contributed by atoms with Crippen LogP contribution in [0.4, 0.5) is 15.8 Å². The van der Waals surface area contributed by atoms with E-state index in [-0.39, 0.29) is 17.5 Å². The van der Waals surface area contributed by atoms with Gasteiger partial charge in [0.05, 0.1) is 29.6 Å². The van der Waals surface area contributed by atoms with Gasteiger partial charge in [0.25, 0.3) is 5.91 Å². The van der Waals surface area contributed by atoms with Crippen molar-refractivity contribution in [2.45, 2.75) is 0 Å². The number of benzene rings is 2. The second-order valence-corrected chi connectivity index (χ2v) is 6.77. The Hall–Kier alpha value is -2.83. The van der Waals surface area contributed by atoms with Gasteiger partial charge in [0, 0.05) is 18.7 Å². The van der Waals surface area contributed by atoms with E-state index in [1.54, 1.807) is 42.5 Å². The van der Waals surface area contributed by atoms with E-state index >= 15 is 0 Å². The molecule has 0 unspecified atom stereocenters. The summed E-state index contributed by atoms with van der Waals surface area (Å²) >= 11 is 6.40. The Balaban J connectivity index is 1.56. The van der Waals surface area contributed by atoms with Crippen LogP contribution in [-0.4, -0.2) is 32.2 Å². The highest BCUT2D eigenvalue weighted by Crippen LogP contribution is 2.35. The van der Waals surface area contributed by atoms with E-state index in [0.717, 1.165) is 5.69 Å². The van der Waals surface area contributed by atoms with Gasteiger partial charge in [-0.3, -0.25) is 4.79 Å². The van der Waals surface area contributed by atoms with Crippen LogP contribution in [0.1, 0.15) is 10.6 Å². The minimum Gasteiger partial charge on any atom is -0.451 e. The molecule has 1 aliphatic heterocycles. The van der Waals surface area contributed by atoms with Crippen LogP contribution < -0.4 is 10.2 Å². The molecular weight excluding hydrogens is 383 g/mol. The Morgan fingerprint density at radius 1 is 1.04 bits per heavy atom. The van der Waals surface area contributed by atoms with Gasteiger partial charge in [-0.05, 0) is 48.5 Å². The Morgan fingerprint density at radius 2 is 1.79 bits per heavy atom. The van der Waals surface area contributed by atoms with Gasteiger partial charge >= 0.3 is 0 Å². The zero-order valence-electron chi connectivity index (χ0n) is 15.0. The van der Waals surface area contributed by atoms with Gasteiger partial charge < -0.3 is 19.4 Å². The lowest BCUT2D eigenvalue weighted by atomic mass is 10.2. The van der Waals surface area contributed by atoms with Gasteiger partial charge in [-0.2, -0.15) is 0 Å². The van der Waals surface area contributed by atoms with Crippen LogP contribution in [0.25, 0.3) is 11.3 Å². The first kappa shape index (κ1) is 18.5. The molecular formula is C21H18ClFN2O3. The Morgan fingerprint density at radius 3 is 2.54 bits per heavy atom. The van der Waals surface area contributed by atoms with Crippen LogP contribution >= 0.6 is 11.6 Å². The van der Waals surface area contributed by atoms with E-state index in [4.69, 9.17) is 20.8 Å². The van der Waals surface area contributed by atoms with Crippen molar-refractivity contribution >= 4 is 28.9 Å². The van der Waals surface area contributed by atoms with Crippen LogP contribution in [-0.2, 0) is 4.74 Å². The third-order valence-corrected chi connectivity index (χ3v) is 4.83. The summed E-state index contributed by atoms with van der Waals surface area (Å²) in [5.41, 5.74) is 2.07. The highest BCUT2D eigenvalue weighted by Gasteiger charge is 2.20. The third kappa shape index (κ3) is 3.88. The smallest absolute Gasteiger partial charge is 0.291 e. The average molecular weight is 401 g/mol. The minimum absolute atomic E-state index is 0.159. The highest BCUT2D eigenvalue weighted by atomic mass is 35.5. The first-order chi connectivity index (χ1) is 13.6. The molecule has 0 bridgehead atoms. The molecule has 7 heteroatoms. The van der Waals surface area contributed by atoms with Crippen LogP contribution in [0, 0.1) is 5.82 Å². The summed E-state index contributed by atoms with van der Waals surface area (Å²) in [5, 5.41) is 3.44. The van der Waals surface area contributed by atoms with Crippen molar-refractivity contribution < 1.29 is 18.3 Å². The highest BCUT2D eigenvalue weighted by molar-refractivity contribution is 6.34. The molecule has 1 saturated heterocycles. The number of hydrogen-bond acceptors (Lipinski definition) is 4. The lowest BCUT2D eigenvalue weighted by Gasteiger charge is -2.31. The normalized spacial score (nSPS) is 14.1. The number of carbonyl (C=O) groups excluding carboxylic acids is 1. The number of morpholine rings is 1. The minimum atomic E-state index is -0.384. The third-order valence-electron chi connectivity index (χ3n) is 4.52.